The third-order valence-electron chi connectivity index (χ3n) is 3.08. The van der Waals surface area contributed by atoms with Gasteiger partial charge < -0.3 is 15.2 Å². The van der Waals surface area contributed by atoms with Crippen LogP contribution in [0.1, 0.15) is 42.2 Å². The molecule has 7 nitrogen and oxygen atoms in total. The summed E-state index contributed by atoms with van der Waals surface area (Å²) in [5.74, 6) is 0.922. The molecular weight excluding hydrogens is 282 g/mol. The zero-order chi connectivity index (χ0) is 15.9. The van der Waals surface area contributed by atoms with E-state index in [2.05, 4.69) is 26.8 Å². The molecule has 7 heteroatoms. The first-order valence-corrected chi connectivity index (χ1v) is 6.96. The summed E-state index contributed by atoms with van der Waals surface area (Å²) in [6.45, 7) is 3.96. The van der Waals surface area contributed by atoms with E-state index in [4.69, 9.17) is 9.78 Å². The summed E-state index contributed by atoms with van der Waals surface area (Å²) in [5.41, 5.74) is 1.42. The number of urea groups is 1. The van der Waals surface area contributed by atoms with Crippen LogP contribution in [0.5, 0.6) is 0 Å². The number of aromatic nitrogens is 2. The van der Waals surface area contributed by atoms with E-state index >= 15 is 0 Å². The standard InChI is InChI=1S/C15H17N5O2/c1-3-13(14-18-10(2)22-20-14)19-15(21)17-9-12-6-4-5-11(7-12)8-16/h4-7,13H,3,9H2,1-2H3,(H2,17,19,21)/t13-/m1/s1. The van der Waals surface area contributed by atoms with Gasteiger partial charge in [0.15, 0.2) is 5.82 Å². The van der Waals surface area contributed by atoms with Gasteiger partial charge in [0.25, 0.3) is 0 Å². The first-order valence-electron chi connectivity index (χ1n) is 6.96. The molecule has 0 aliphatic carbocycles. The highest BCUT2D eigenvalue weighted by Gasteiger charge is 2.17. The molecular formula is C15H17N5O2. The average molecular weight is 299 g/mol. The number of nitriles is 1. The minimum absolute atomic E-state index is 0.303. The van der Waals surface area contributed by atoms with E-state index < -0.39 is 0 Å². The lowest BCUT2D eigenvalue weighted by Gasteiger charge is -2.14. The SMILES string of the molecule is CC[C@@H](NC(=O)NCc1cccc(C#N)c1)c1noc(C)n1. The molecule has 0 bridgehead atoms. The molecule has 1 aromatic heterocycles. The molecule has 2 aromatic rings. The fourth-order valence-electron chi connectivity index (χ4n) is 1.95. The highest BCUT2D eigenvalue weighted by atomic mass is 16.5. The van der Waals surface area contributed by atoms with Crippen molar-refractivity contribution in [1.82, 2.24) is 20.8 Å². The summed E-state index contributed by atoms with van der Waals surface area (Å²) in [6.07, 6.45) is 0.649. The van der Waals surface area contributed by atoms with Crippen LogP contribution in [-0.4, -0.2) is 16.2 Å². The lowest BCUT2D eigenvalue weighted by molar-refractivity contribution is 0.235. The molecule has 1 aromatic carbocycles. The molecule has 0 radical (unpaired) electrons. The summed E-state index contributed by atoms with van der Waals surface area (Å²) >= 11 is 0. The van der Waals surface area contributed by atoms with Crippen LogP contribution in [0.25, 0.3) is 0 Å². The first kappa shape index (κ1) is 15.5. The van der Waals surface area contributed by atoms with Gasteiger partial charge in [-0.25, -0.2) is 4.79 Å². The molecule has 0 unspecified atom stereocenters. The Kier molecular flexibility index (Phi) is 5.09. The van der Waals surface area contributed by atoms with Gasteiger partial charge in [0, 0.05) is 13.5 Å². The second-order valence-corrected chi connectivity index (χ2v) is 4.77. The number of benzene rings is 1. The summed E-state index contributed by atoms with van der Waals surface area (Å²) < 4.78 is 4.92. The van der Waals surface area contributed by atoms with Crippen LogP contribution in [0.15, 0.2) is 28.8 Å². The van der Waals surface area contributed by atoms with E-state index in [0.29, 0.717) is 30.2 Å². The number of hydrogen-bond acceptors (Lipinski definition) is 5. The van der Waals surface area contributed by atoms with Crippen LogP contribution in [0.2, 0.25) is 0 Å². The normalized spacial score (nSPS) is 11.5. The summed E-state index contributed by atoms with van der Waals surface area (Å²) in [5, 5.41) is 18.2. The van der Waals surface area contributed by atoms with Crippen molar-refractivity contribution in [2.45, 2.75) is 32.9 Å². The van der Waals surface area contributed by atoms with E-state index in [0.717, 1.165) is 5.56 Å². The van der Waals surface area contributed by atoms with Crippen molar-refractivity contribution in [3.8, 4) is 6.07 Å². The Bertz CT molecular complexity index is 689. The Labute approximate surface area is 128 Å². The third-order valence-corrected chi connectivity index (χ3v) is 3.08. The number of carbonyl (C=O) groups is 1. The Morgan fingerprint density at radius 2 is 2.32 bits per heavy atom. The molecule has 114 valence electrons. The maximum Gasteiger partial charge on any atom is 0.315 e. The zero-order valence-electron chi connectivity index (χ0n) is 12.5. The molecule has 0 aliphatic rings. The van der Waals surface area contributed by atoms with Gasteiger partial charge in [-0.15, -0.1) is 0 Å². The maximum atomic E-state index is 11.9. The number of hydrogen-bond donors (Lipinski definition) is 2. The fourth-order valence-corrected chi connectivity index (χ4v) is 1.95. The minimum atomic E-state index is -0.323. The molecule has 0 fully saturated rings. The Morgan fingerprint density at radius 1 is 1.50 bits per heavy atom. The Hall–Kier alpha value is -2.88. The van der Waals surface area contributed by atoms with Crippen LogP contribution < -0.4 is 10.6 Å². The van der Waals surface area contributed by atoms with Crippen molar-refractivity contribution in [3.63, 3.8) is 0 Å². The maximum absolute atomic E-state index is 11.9. The number of rotatable bonds is 5. The van der Waals surface area contributed by atoms with Crippen molar-refractivity contribution in [2.75, 3.05) is 0 Å². The lowest BCUT2D eigenvalue weighted by Crippen LogP contribution is -2.37. The second kappa shape index (κ2) is 7.22. The van der Waals surface area contributed by atoms with Crippen molar-refractivity contribution in [3.05, 3.63) is 47.1 Å². The highest BCUT2D eigenvalue weighted by molar-refractivity contribution is 5.74. The van der Waals surface area contributed by atoms with Crippen molar-refractivity contribution < 1.29 is 9.32 Å². The van der Waals surface area contributed by atoms with Gasteiger partial charge in [-0.1, -0.05) is 24.2 Å². The molecule has 22 heavy (non-hydrogen) atoms. The summed E-state index contributed by atoms with van der Waals surface area (Å²) in [6, 6.07) is 8.52. The van der Waals surface area contributed by atoms with E-state index in [1.807, 2.05) is 13.0 Å². The number of nitrogens with zero attached hydrogens (tertiary/aromatic N) is 3. The summed E-state index contributed by atoms with van der Waals surface area (Å²) in [7, 11) is 0. The van der Waals surface area contributed by atoms with E-state index in [1.165, 1.54) is 0 Å². The Morgan fingerprint density at radius 3 is 2.95 bits per heavy atom. The molecule has 0 saturated heterocycles. The number of amides is 2. The van der Waals surface area contributed by atoms with Crippen LogP contribution in [0.4, 0.5) is 4.79 Å². The molecule has 1 atom stereocenters. The first-order chi connectivity index (χ1) is 10.6. The van der Waals surface area contributed by atoms with Gasteiger partial charge in [-0.05, 0) is 24.1 Å². The highest BCUT2D eigenvalue weighted by Crippen LogP contribution is 2.12. The average Bonchev–Trinajstić information content (AvgIpc) is 2.97. The number of carbonyl (C=O) groups excluding carboxylic acids is 1. The largest absolute Gasteiger partial charge is 0.340 e. The van der Waals surface area contributed by atoms with Crippen molar-refractivity contribution in [1.29, 1.82) is 5.26 Å². The molecule has 2 N–H and O–H groups in total. The van der Waals surface area contributed by atoms with Crippen LogP contribution in [0.3, 0.4) is 0 Å². The zero-order valence-corrected chi connectivity index (χ0v) is 12.5. The topological polar surface area (TPSA) is 104 Å². The van der Waals surface area contributed by atoms with Crippen molar-refractivity contribution >= 4 is 6.03 Å². The smallest absolute Gasteiger partial charge is 0.315 e. The van der Waals surface area contributed by atoms with Gasteiger partial charge in [0.2, 0.25) is 5.89 Å². The summed E-state index contributed by atoms with van der Waals surface area (Å²) in [4.78, 5) is 16.1. The van der Waals surface area contributed by atoms with Gasteiger partial charge in [-0.3, -0.25) is 0 Å². The quantitative estimate of drug-likeness (QED) is 0.880. The number of aryl methyl sites for hydroxylation is 1. The van der Waals surface area contributed by atoms with E-state index in [9.17, 15) is 4.79 Å². The molecule has 0 saturated carbocycles. The van der Waals surface area contributed by atoms with Crippen LogP contribution >= 0.6 is 0 Å². The van der Waals surface area contributed by atoms with E-state index in [-0.39, 0.29) is 12.1 Å². The van der Waals surface area contributed by atoms with Gasteiger partial charge in [0.05, 0.1) is 17.7 Å². The molecule has 1 heterocycles. The number of nitrogens with one attached hydrogen (secondary N) is 2. The molecule has 2 rings (SSSR count). The second-order valence-electron chi connectivity index (χ2n) is 4.77. The van der Waals surface area contributed by atoms with Gasteiger partial charge in [-0.2, -0.15) is 10.2 Å². The van der Waals surface area contributed by atoms with Crippen LogP contribution in [0, 0.1) is 18.3 Å². The van der Waals surface area contributed by atoms with E-state index in [1.54, 1.807) is 25.1 Å². The predicted molar refractivity (Wildman–Crippen MR) is 78.6 cm³/mol. The molecule has 2 amide bonds. The lowest BCUT2D eigenvalue weighted by atomic mass is 10.1. The molecule has 0 spiro atoms. The van der Waals surface area contributed by atoms with Gasteiger partial charge in [0.1, 0.15) is 0 Å². The predicted octanol–water partition coefficient (Wildman–Crippen LogP) is 2.20. The molecule has 0 aliphatic heterocycles. The minimum Gasteiger partial charge on any atom is -0.340 e. The monoisotopic (exact) mass is 299 g/mol. The third kappa shape index (κ3) is 4.06. The van der Waals surface area contributed by atoms with Gasteiger partial charge >= 0.3 is 6.03 Å². The van der Waals surface area contributed by atoms with Crippen molar-refractivity contribution in [2.24, 2.45) is 0 Å². The Balaban J connectivity index is 1.90. The fraction of sp³-hybridized carbons (Fsp3) is 0.333. The van der Waals surface area contributed by atoms with Crippen LogP contribution in [-0.2, 0) is 6.54 Å².